The summed E-state index contributed by atoms with van der Waals surface area (Å²) in [5.41, 5.74) is 0.710. The van der Waals surface area contributed by atoms with E-state index in [1.165, 1.54) is 104 Å². The fourth-order valence-corrected chi connectivity index (χ4v) is 6.42. The molecule has 4 aliphatic rings. The molecule has 0 bridgehead atoms. The lowest BCUT2D eigenvalue weighted by molar-refractivity contribution is -0.00656. The third kappa shape index (κ3) is 5.75. The van der Waals surface area contributed by atoms with Gasteiger partial charge in [0.2, 0.25) is 0 Å². The topological polar surface area (TPSA) is 13.0 Å². The minimum atomic E-state index is 0.710. The van der Waals surface area contributed by atoms with Crippen LogP contribution in [0.5, 0.6) is 0 Å². The number of hydrogen-bond acceptors (Lipinski definition) is 4. The number of likely N-dealkylation sites (tertiary alicyclic amines) is 2. The maximum absolute atomic E-state index is 2.82. The summed E-state index contributed by atoms with van der Waals surface area (Å²) in [6.45, 7) is 22.8. The van der Waals surface area contributed by atoms with Crippen LogP contribution in [0.2, 0.25) is 0 Å². The molecule has 0 aromatic carbocycles. The Balaban J connectivity index is 1.10. The Morgan fingerprint density at radius 3 is 2.07 bits per heavy atom. The zero-order valence-corrected chi connectivity index (χ0v) is 19.9. The summed E-state index contributed by atoms with van der Waals surface area (Å²) in [6.07, 6.45) is 8.55. The monoisotopic (exact) mass is 404 g/mol. The molecule has 0 amide bonds. The lowest BCUT2D eigenvalue weighted by Gasteiger charge is -2.49. The van der Waals surface area contributed by atoms with Crippen LogP contribution in [0.3, 0.4) is 0 Å². The third-order valence-corrected chi connectivity index (χ3v) is 8.55. The highest BCUT2D eigenvalue weighted by atomic mass is 15.3. The van der Waals surface area contributed by atoms with Crippen molar-refractivity contribution in [3.05, 3.63) is 0 Å². The second-order valence-electron chi connectivity index (χ2n) is 11.5. The van der Waals surface area contributed by atoms with Gasteiger partial charge in [0.15, 0.2) is 0 Å². The first-order valence-corrected chi connectivity index (χ1v) is 12.9. The van der Waals surface area contributed by atoms with E-state index in [1.807, 2.05) is 0 Å². The highest BCUT2D eigenvalue weighted by Gasteiger charge is 2.44. The van der Waals surface area contributed by atoms with E-state index in [1.54, 1.807) is 0 Å². The highest BCUT2D eigenvalue weighted by Crippen LogP contribution is 2.51. The Morgan fingerprint density at radius 1 is 0.862 bits per heavy atom. The van der Waals surface area contributed by atoms with E-state index in [0.717, 1.165) is 23.9 Å². The molecule has 3 heterocycles. The summed E-state index contributed by atoms with van der Waals surface area (Å²) in [6, 6.07) is 1.65. The average molecular weight is 405 g/mol. The Bertz CT molecular complexity index is 495. The summed E-state index contributed by atoms with van der Waals surface area (Å²) < 4.78 is 0. The van der Waals surface area contributed by atoms with Crippen LogP contribution in [0.1, 0.15) is 66.2 Å². The normalized spacial score (nSPS) is 29.3. The Kier molecular flexibility index (Phi) is 7.26. The fraction of sp³-hybridized carbons (Fsp3) is 1.00. The lowest BCUT2D eigenvalue weighted by atomic mass is 9.90. The predicted octanol–water partition coefficient (Wildman–Crippen LogP) is 3.63. The molecule has 1 saturated carbocycles. The van der Waals surface area contributed by atoms with Crippen LogP contribution in [0.25, 0.3) is 0 Å². The maximum Gasteiger partial charge on any atom is 0.0120 e. The van der Waals surface area contributed by atoms with Crippen molar-refractivity contribution in [3.8, 4) is 0 Å². The van der Waals surface area contributed by atoms with Crippen LogP contribution in [0.15, 0.2) is 0 Å². The van der Waals surface area contributed by atoms with Crippen molar-refractivity contribution in [1.82, 2.24) is 19.6 Å². The van der Waals surface area contributed by atoms with Crippen molar-refractivity contribution < 1.29 is 0 Å². The Labute approximate surface area is 181 Å². The lowest BCUT2D eigenvalue weighted by Crippen LogP contribution is -2.59. The second-order valence-corrected chi connectivity index (χ2v) is 11.5. The zero-order chi connectivity index (χ0) is 20.4. The summed E-state index contributed by atoms with van der Waals surface area (Å²) in [7, 11) is 0. The van der Waals surface area contributed by atoms with Crippen LogP contribution >= 0.6 is 0 Å². The van der Waals surface area contributed by atoms with E-state index in [4.69, 9.17) is 0 Å². The third-order valence-electron chi connectivity index (χ3n) is 8.55. The van der Waals surface area contributed by atoms with Gasteiger partial charge in [-0.25, -0.2) is 0 Å². The first-order chi connectivity index (χ1) is 14.0. The number of piperazine rings is 1. The van der Waals surface area contributed by atoms with Crippen molar-refractivity contribution in [2.75, 3.05) is 65.4 Å². The fourth-order valence-electron chi connectivity index (χ4n) is 6.42. The number of hydrogen-bond donors (Lipinski definition) is 0. The molecular weight excluding hydrogens is 356 g/mol. The van der Waals surface area contributed by atoms with Crippen LogP contribution < -0.4 is 0 Å². The van der Waals surface area contributed by atoms with Gasteiger partial charge in [-0.1, -0.05) is 20.8 Å². The molecular formula is C25H48N4. The van der Waals surface area contributed by atoms with E-state index >= 15 is 0 Å². The van der Waals surface area contributed by atoms with Gasteiger partial charge in [-0.3, -0.25) is 9.80 Å². The van der Waals surface area contributed by atoms with Gasteiger partial charge in [-0.15, -0.1) is 0 Å². The largest absolute Gasteiger partial charge is 0.303 e. The average Bonchev–Trinajstić information content (AvgIpc) is 3.43. The van der Waals surface area contributed by atoms with E-state index < -0.39 is 0 Å². The van der Waals surface area contributed by atoms with Gasteiger partial charge in [0.1, 0.15) is 0 Å². The maximum atomic E-state index is 2.82. The molecule has 0 radical (unpaired) electrons. The molecule has 29 heavy (non-hydrogen) atoms. The van der Waals surface area contributed by atoms with E-state index in [2.05, 4.69) is 47.3 Å². The minimum Gasteiger partial charge on any atom is -0.303 e. The number of rotatable bonds is 9. The van der Waals surface area contributed by atoms with Gasteiger partial charge in [0.05, 0.1) is 0 Å². The highest BCUT2D eigenvalue weighted by molar-refractivity contribution is 4.98. The van der Waals surface area contributed by atoms with Gasteiger partial charge in [0.25, 0.3) is 0 Å². The molecule has 3 saturated heterocycles. The van der Waals surface area contributed by atoms with Crippen LogP contribution in [0.4, 0.5) is 0 Å². The van der Waals surface area contributed by atoms with Crippen molar-refractivity contribution in [2.45, 2.75) is 78.3 Å². The Hall–Kier alpha value is -0.160. The minimum absolute atomic E-state index is 0.710. The second kappa shape index (κ2) is 9.54. The summed E-state index contributed by atoms with van der Waals surface area (Å²) >= 11 is 0. The number of piperidine rings is 1. The molecule has 1 atom stereocenters. The zero-order valence-electron chi connectivity index (χ0n) is 19.9. The molecule has 1 unspecified atom stereocenters. The first-order valence-electron chi connectivity index (χ1n) is 12.9. The molecule has 4 fully saturated rings. The number of nitrogens with zero attached hydrogens (tertiary/aromatic N) is 4. The van der Waals surface area contributed by atoms with Gasteiger partial charge < -0.3 is 9.80 Å². The van der Waals surface area contributed by atoms with Gasteiger partial charge >= 0.3 is 0 Å². The molecule has 4 heteroatoms. The summed E-state index contributed by atoms with van der Waals surface area (Å²) in [5.74, 6) is 1.80. The van der Waals surface area contributed by atoms with E-state index in [9.17, 15) is 0 Å². The molecule has 4 nitrogen and oxygen atoms in total. The van der Waals surface area contributed by atoms with Crippen LogP contribution in [0, 0.1) is 17.3 Å². The standard InChI is InChI=1S/C25H48N4/c1-5-22(4)28-14-12-26(13-15-28)17-23-18-29(19-23)24-6-10-27(11-7-24)20-25(8-9-25)16-21(2)3/h21-24H,5-20H2,1-4H3. The molecule has 0 aromatic rings. The smallest absolute Gasteiger partial charge is 0.0120 e. The SMILES string of the molecule is CCC(C)N1CCN(CC2CN(C3CCN(CC4(CC(C)C)CC4)CC3)C2)CC1. The molecule has 0 spiro atoms. The first kappa shape index (κ1) is 22.0. The van der Waals surface area contributed by atoms with Crippen LogP contribution in [-0.4, -0.2) is 97.1 Å². The van der Waals surface area contributed by atoms with Gasteiger partial charge in [0, 0.05) is 64.4 Å². The summed E-state index contributed by atoms with van der Waals surface area (Å²) in [5, 5.41) is 0. The van der Waals surface area contributed by atoms with Crippen molar-refractivity contribution in [2.24, 2.45) is 17.3 Å². The quantitative estimate of drug-likeness (QED) is 0.582. The predicted molar refractivity (Wildman–Crippen MR) is 123 cm³/mol. The molecule has 1 aliphatic carbocycles. The molecule has 0 aromatic heterocycles. The molecule has 4 rings (SSSR count). The van der Waals surface area contributed by atoms with Crippen molar-refractivity contribution >= 4 is 0 Å². The molecule has 0 N–H and O–H groups in total. The van der Waals surface area contributed by atoms with Gasteiger partial charge in [-0.2, -0.15) is 0 Å². The molecule has 3 aliphatic heterocycles. The van der Waals surface area contributed by atoms with E-state index in [0.29, 0.717) is 5.41 Å². The summed E-state index contributed by atoms with van der Waals surface area (Å²) in [4.78, 5) is 11.1. The van der Waals surface area contributed by atoms with Crippen molar-refractivity contribution in [1.29, 1.82) is 0 Å². The van der Waals surface area contributed by atoms with Gasteiger partial charge in [-0.05, 0) is 75.8 Å². The Morgan fingerprint density at radius 2 is 1.52 bits per heavy atom. The van der Waals surface area contributed by atoms with Crippen molar-refractivity contribution in [3.63, 3.8) is 0 Å². The van der Waals surface area contributed by atoms with E-state index in [-0.39, 0.29) is 0 Å². The van der Waals surface area contributed by atoms with Crippen LogP contribution in [-0.2, 0) is 0 Å². The molecule has 168 valence electrons.